The largest absolute Gasteiger partial charge is 0.397 e. The van der Waals surface area contributed by atoms with E-state index in [2.05, 4.69) is 21.3 Å². The Morgan fingerprint density at radius 2 is 1.00 bits per heavy atom. The van der Waals surface area contributed by atoms with Crippen molar-refractivity contribution in [2.75, 3.05) is 0 Å². The molecule has 0 spiro atoms. The Morgan fingerprint density at radius 1 is 0.625 bits per heavy atom. The highest BCUT2D eigenvalue weighted by atomic mass is 32.2. The van der Waals surface area contributed by atoms with Gasteiger partial charge in [0.15, 0.2) is 0 Å². The molecular weight excluding hydrogens is 649 g/mol. The van der Waals surface area contributed by atoms with E-state index in [9.17, 15) is 16.8 Å². The lowest BCUT2D eigenvalue weighted by molar-refractivity contribution is 0.544. The first-order valence-electron chi connectivity index (χ1n) is 15.7. The summed E-state index contributed by atoms with van der Waals surface area (Å²) < 4.78 is 65.5. The molecule has 14 heteroatoms. The van der Waals surface area contributed by atoms with Crippen molar-refractivity contribution in [2.45, 2.75) is 36.2 Å². The Bertz CT molecular complexity index is 2260. The third-order valence-electron chi connectivity index (χ3n) is 9.65. The molecule has 0 amide bonds. The van der Waals surface area contributed by atoms with Gasteiger partial charge >= 0.3 is 0 Å². The SMILES string of the molecule is [H]/N=N/C1=C(N)c2ccccc2C(c2ccc(-c3ccc(C4(S(N)(=O)=O)CC(/N=N/[H])=C(N)c5ccccc54)cc3C)c(C)c2)(S(N)(=O)=O)C1. The Balaban J connectivity index is 1.51. The van der Waals surface area contributed by atoms with Crippen LogP contribution in [0.15, 0.2) is 107 Å². The normalized spacial score (nSPS) is 22.1. The molecule has 0 heterocycles. The lowest BCUT2D eigenvalue weighted by Gasteiger charge is -2.38. The zero-order valence-electron chi connectivity index (χ0n) is 28.0. The summed E-state index contributed by atoms with van der Waals surface area (Å²) in [5.41, 5.74) is 25.0. The molecule has 0 saturated heterocycles. The molecule has 4 aromatic carbocycles. The number of rotatable bonds is 7. The van der Waals surface area contributed by atoms with E-state index in [0.29, 0.717) is 44.5 Å². The second-order valence-electron chi connectivity index (χ2n) is 12.2. The average molecular weight is 683 g/mol. The third kappa shape index (κ3) is 4.63. The van der Waals surface area contributed by atoms with Crippen LogP contribution in [0.3, 0.4) is 0 Å². The van der Waals surface area contributed by atoms with Crippen LogP contribution in [-0.4, -0.2) is 16.8 Å². The summed E-state index contributed by atoms with van der Waals surface area (Å²) >= 11 is 0. The Kier molecular flexibility index (Phi) is 7.14. The number of aryl methyl sites for hydroxylation is 2. The smallest absolute Gasteiger partial charge is 0.223 e. The second kappa shape index (κ2) is 11.3. The van der Waals surface area contributed by atoms with Crippen molar-refractivity contribution in [3.05, 3.63) is 141 Å². The highest BCUT2D eigenvalue weighted by Crippen LogP contribution is 2.51. The van der Waals surface area contributed by atoms with E-state index < -0.39 is 29.5 Å². The summed E-state index contributed by atoms with van der Waals surface area (Å²) in [5.74, 6) is 0. The minimum atomic E-state index is -4.37. The molecule has 6 rings (SSSR count). The van der Waals surface area contributed by atoms with Gasteiger partial charge in [0.25, 0.3) is 0 Å². The summed E-state index contributed by atoms with van der Waals surface area (Å²) in [6, 6.07) is 24.0. The van der Waals surface area contributed by atoms with Gasteiger partial charge in [0.1, 0.15) is 9.49 Å². The summed E-state index contributed by atoms with van der Waals surface area (Å²) in [5, 5.41) is 19.7. The van der Waals surface area contributed by atoms with Gasteiger partial charge in [-0.25, -0.2) is 38.2 Å². The van der Waals surface area contributed by atoms with E-state index in [1.807, 2.05) is 13.8 Å². The van der Waals surface area contributed by atoms with Crippen LogP contribution in [0, 0.1) is 24.9 Å². The maximum absolute atomic E-state index is 13.6. The number of allylic oxidation sites excluding steroid dienone is 2. The van der Waals surface area contributed by atoms with Gasteiger partial charge in [-0.1, -0.05) is 84.9 Å². The number of benzene rings is 4. The molecule has 0 fully saturated rings. The zero-order valence-corrected chi connectivity index (χ0v) is 27.7. The van der Waals surface area contributed by atoms with Crippen LogP contribution in [0.1, 0.15) is 57.3 Å². The van der Waals surface area contributed by atoms with Gasteiger partial charge in [-0.2, -0.15) is 10.2 Å². The summed E-state index contributed by atoms with van der Waals surface area (Å²) in [6.07, 6.45) is -0.469. The topological polar surface area (TPSA) is 245 Å². The number of primary sulfonamides is 2. The molecule has 2 atom stereocenters. The molecule has 0 radical (unpaired) electrons. The van der Waals surface area contributed by atoms with Crippen LogP contribution in [0.4, 0.5) is 0 Å². The maximum Gasteiger partial charge on any atom is 0.223 e. The van der Waals surface area contributed by atoms with Crippen LogP contribution in [0.5, 0.6) is 0 Å². The fraction of sp³-hybridized carbons (Fsp3) is 0.176. The first-order chi connectivity index (χ1) is 23.6. The predicted molar refractivity (Wildman–Crippen MR) is 184 cm³/mol. The van der Waals surface area contributed by atoms with Gasteiger partial charge in [-0.15, -0.1) is 0 Å². The third-order valence-corrected chi connectivity index (χ3v) is 12.8. The van der Waals surface area contributed by atoms with Crippen molar-refractivity contribution in [3.63, 3.8) is 0 Å². The quantitative estimate of drug-likeness (QED) is 0.144. The fourth-order valence-corrected chi connectivity index (χ4v) is 9.82. The number of hydrogen-bond acceptors (Lipinski definition) is 10. The molecule has 12 nitrogen and oxygen atoms in total. The Hall–Kier alpha value is -5.02. The molecule has 0 aliphatic heterocycles. The van der Waals surface area contributed by atoms with Crippen LogP contribution in [-0.2, 0) is 29.5 Å². The van der Waals surface area contributed by atoms with Crippen LogP contribution in [0.25, 0.3) is 22.5 Å². The van der Waals surface area contributed by atoms with Gasteiger partial charge in [0.05, 0.1) is 22.8 Å². The molecule has 10 N–H and O–H groups in total. The van der Waals surface area contributed by atoms with Crippen LogP contribution >= 0.6 is 0 Å². The van der Waals surface area contributed by atoms with Crippen molar-refractivity contribution >= 4 is 31.4 Å². The van der Waals surface area contributed by atoms with Gasteiger partial charge in [0, 0.05) is 24.0 Å². The van der Waals surface area contributed by atoms with Crippen molar-refractivity contribution in [1.29, 1.82) is 11.0 Å². The van der Waals surface area contributed by atoms with E-state index in [4.69, 9.17) is 24.6 Å². The monoisotopic (exact) mass is 682 g/mol. The standard InChI is InChI=1S/C34H34N8O4S2/c1-19-15-21(33(47(39,43)44)17-29(41-37)31(35)25-7-3-5-9-27(25)33)11-13-23(19)24-14-12-22(16-20(24)2)34(48(40,45)46)18-30(42-38)32(36)26-8-4-6-10-28(26)34/h3-16,37-38H,17-18,35-36H2,1-2H3,(H2,39,43,44)(H2,40,45,46)/b41-37+,42-38+. The van der Waals surface area contributed by atoms with Gasteiger partial charge in [0.2, 0.25) is 22.9 Å². The number of fused-ring (bicyclic) bond motifs is 2. The molecule has 2 aliphatic carbocycles. The van der Waals surface area contributed by atoms with Crippen molar-refractivity contribution in [1.82, 2.24) is 0 Å². The first kappa shape index (κ1) is 30.3. The molecule has 2 unspecified atom stereocenters. The summed E-state index contributed by atoms with van der Waals surface area (Å²) in [7, 11) is -8.73. The van der Waals surface area contributed by atoms with E-state index in [1.54, 1.807) is 84.9 Å². The molecule has 4 aromatic rings. The molecule has 0 saturated carbocycles. The second-order valence-corrected chi connectivity index (χ2v) is 15.7. The van der Waals surface area contributed by atoms with Crippen molar-refractivity contribution in [3.8, 4) is 11.1 Å². The lowest BCUT2D eigenvalue weighted by atomic mass is 9.77. The summed E-state index contributed by atoms with van der Waals surface area (Å²) in [6.45, 7) is 3.67. The van der Waals surface area contributed by atoms with E-state index in [1.165, 1.54) is 0 Å². The zero-order chi connectivity index (χ0) is 36.2. The molecule has 0 bridgehead atoms. The maximum atomic E-state index is 13.6. The first-order valence-corrected chi connectivity index (χ1v) is 17.9. The van der Waals surface area contributed by atoms with Gasteiger partial charge in [-0.3, -0.25) is 0 Å². The number of nitrogens with one attached hydrogen (secondary N) is 2. The highest BCUT2D eigenvalue weighted by Gasteiger charge is 2.51. The highest BCUT2D eigenvalue weighted by molar-refractivity contribution is 7.90. The number of sulfonamides is 2. The minimum Gasteiger partial charge on any atom is -0.397 e. The van der Waals surface area contributed by atoms with E-state index >= 15 is 0 Å². The van der Waals surface area contributed by atoms with Crippen LogP contribution in [0.2, 0.25) is 2.82 Å². The molecule has 0 aromatic heterocycles. The molecule has 48 heavy (non-hydrogen) atoms. The van der Waals surface area contributed by atoms with Gasteiger partial charge < -0.3 is 11.5 Å². The molecular formula is C34H34N8O4S2. The van der Waals surface area contributed by atoms with Crippen LogP contribution < -0.4 is 21.7 Å². The van der Waals surface area contributed by atoms with E-state index in [0.717, 1.165) is 11.1 Å². The van der Waals surface area contributed by atoms with Crippen molar-refractivity contribution < 1.29 is 19.7 Å². The number of nitrogens with zero attached hydrogens (tertiary/aromatic N) is 2. The van der Waals surface area contributed by atoms with E-state index in [-0.39, 0.29) is 35.6 Å². The molecule has 2 aliphatic rings. The summed E-state index contributed by atoms with van der Waals surface area (Å²) in [4.78, 5) is 0. The minimum absolute atomic E-state index is 0.123. The van der Waals surface area contributed by atoms with Gasteiger partial charge in [-0.05, 0) is 58.4 Å². The number of hydrogen-bond donors (Lipinski definition) is 6. The average Bonchev–Trinajstić information content (AvgIpc) is 3.06. The van der Waals surface area contributed by atoms with Crippen molar-refractivity contribution in [2.24, 2.45) is 32.0 Å². The lowest BCUT2D eigenvalue weighted by Crippen LogP contribution is -2.45. The fourth-order valence-electron chi connectivity index (χ4n) is 7.27. The Morgan fingerprint density at radius 3 is 1.33 bits per heavy atom. The molecule has 246 valence electrons. The number of nitrogens with two attached hydrogens (primary N) is 4. The Labute approximate surface area is 281 Å². The predicted octanol–water partition coefficient (Wildman–Crippen LogP) is 5.16.